The van der Waals surface area contributed by atoms with Gasteiger partial charge in [-0.1, -0.05) is 19.9 Å². The number of rotatable bonds is 7. The zero-order chi connectivity index (χ0) is 13.0. The Morgan fingerprint density at radius 1 is 1.44 bits per heavy atom. The van der Waals surface area contributed by atoms with Crippen LogP contribution < -0.4 is 16.6 Å². The van der Waals surface area contributed by atoms with Crippen LogP contribution in [0.3, 0.4) is 0 Å². The standard InChI is InChI=1S/C10H19N3O.C2H6/c1-4-6-7-9(14)10(13-11)8(3)12-5-2;1-2/h4,12-13H,1,5-7,11H2,2-3H3;1-2H3/b10-8-;. The summed E-state index contributed by atoms with van der Waals surface area (Å²) >= 11 is 0. The first-order valence-electron chi connectivity index (χ1n) is 5.72. The van der Waals surface area contributed by atoms with Gasteiger partial charge in [-0.2, -0.15) is 0 Å². The van der Waals surface area contributed by atoms with E-state index in [1.807, 2.05) is 27.7 Å². The second-order valence-corrected chi connectivity index (χ2v) is 2.93. The Morgan fingerprint density at radius 2 is 2.00 bits per heavy atom. The van der Waals surface area contributed by atoms with E-state index < -0.39 is 0 Å². The Bertz CT molecular complexity index is 234. The molecule has 0 spiro atoms. The van der Waals surface area contributed by atoms with Gasteiger partial charge >= 0.3 is 0 Å². The lowest BCUT2D eigenvalue weighted by atomic mass is 10.1. The summed E-state index contributed by atoms with van der Waals surface area (Å²) in [7, 11) is 0. The van der Waals surface area contributed by atoms with Crippen LogP contribution in [0.25, 0.3) is 0 Å². The predicted octanol–water partition coefficient (Wildman–Crippen LogP) is 1.85. The summed E-state index contributed by atoms with van der Waals surface area (Å²) in [5, 5.41) is 3.04. The minimum absolute atomic E-state index is 0.00542. The van der Waals surface area contributed by atoms with Gasteiger partial charge in [0.05, 0.1) is 0 Å². The van der Waals surface area contributed by atoms with Crippen LogP contribution in [-0.4, -0.2) is 12.3 Å². The highest BCUT2D eigenvalue weighted by Crippen LogP contribution is 2.03. The van der Waals surface area contributed by atoms with E-state index >= 15 is 0 Å². The maximum atomic E-state index is 11.6. The summed E-state index contributed by atoms with van der Waals surface area (Å²) in [5.41, 5.74) is 3.66. The molecule has 0 heterocycles. The van der Waals surface area contributed by atoms with Gasteiger partial charge in [0.1, 0.15) is 5.70 Å². The van der Waals surface area contributed by atoms with Crippen LogP contribution in [0.1, 0.15) is 40.5 Å². The van der Waals surface area contributed by atoms with Gasteiger partial charge in [-0.05, 0) is 20.3 Å². The third-order valence-corrected chi connectivity index (χ3v) is 1.82. The van der Waals surface area contributed by atoms with Gasteiger partial charge in [-0.15, -0.1) is 6.58 Å². The number of allylic oxidation sites excluding steroid dienone is 3. The van der Waals surface area contributed by atoms with E-state index in [0.29, 0.717) is 18.5 Å². The number of Topliss-reactive ketones (excluding diaryl/α,β-unsaturated/α-hetero) is 1. The normalized spacial score (nSPS) is 10.6. The number of nitrogens with two attached hydrogens (primary N) is 1. The van der Waals surface area contributed by atoms with E-state index in [2.05, 4.69) is 17.3 Å². The molecule has 0 saturated heterocycles. The van der Waals surface area contributed by atoms with Crippen molar-refractivity contribution in [3.8, 4) is 0 Å². The van der Waals surface area contributed by atoms with Gasteiger partial charge in [0.15, 0.2) is 5.78 Å². The molecule has 0 saturated carbocycles. The average molecular weight is 227 g/mol. The summed E-state index contributed by atoms with van der Waals surface area (Å²) in [6.45, 7) is 12.1. The fourth-order valence-corrected chi connectivity index (χ4v) is 1.11. The molecule has 0 amide bonds. The minimum atomic E-state index is 0.00542. The molecule has 0 fully saturated rings. The Morgan fingerprint density at radius 3 is 2.38 bits per heavy atom. The summed E-state index contributed by atoms with van der Waals surface area (Å²) in [6, 6.07) is 0. The molecular formula is C12H25N3O. The van der Waals surface area contributed by atoms with E-state index in [0.717, 1.165) is 12.2 Å². The molecule has 0 aliphatic rings. The molecule has 94 valence electrons. The van der Waals surface area contributed by atoms with Crippen LogP contribution in [0.2, 0.25) is 0 Å². The van der Waals surface area contributed by atoms with Crippen molar-refractivity contribution in [3.63, 3.8) is 0 Å². The summed E-state index contributed by atoms with van der Waals surface area (Å²) < 4.78 is 0. The monoisotopic (exact) mass is 227 g/mol. The van der Waals surface area contributed by atoms with Crippen molar-refractivity contribution in [2.24, 2.45) is 5.84 Å². The van der Waals surface area contributed by atoms with Crippen molar-refractivity contribution >= 4 is 5.78 Å². The Kier molecular flexibility index (Phi) is 12.6. The van der Waals surface area contributed by atoms with Crippen LogP contribution in [0.15, 0.2) is 24.0 Å². The van der Waals surface area contributed by atoms with E-state index in [1.54, 1.807) is 6.08 Å². The lowest BCUT2D eigenvalue weighted by Gasteiger charge is -2.10. The number of carbonyl (C=O) groups excluding carboxylic acids is 1. The topological polar surface area (TPSA) is 67.2 Å². The van der Waals surface area contributed by atoms with Crippen molar-refractivity contribution < 1.29 is 4.79 Å². The number of hydrogen-bond donors (Lipinski definition) is 3. The zero-order valence-corrected chi connectivity index (χ0v) is 10.9. The minimum Gasteiger partial charge on any atom is -0.387 e. The number of carbonyl (C=O) groups is 1. The second kappa shape index (κ2) is 11.8. The zero-order valence-electron chi connectivity index (χ0n) is 10.9. The predicted molar refractivity (Wildman–Crippen MR) is 69.5 cm³/mol. The molecule has 0 unspecified atom stereocenters. The summed E-state index contributed by atoms with van der Waals surface area (Å²) in [6.07, 6.45) is 2.82. The van der Waals surface area contributed by atoms with Gasteiger partial charge < -0.3 is 10.7 Å². The molecular weight excluding hydrogens is 202 g/mol. The molecule has 0 atom stereocenters. The first kappa shape index (κ1) is 17.1. The molecule has 0 aromatic heterocycles. The highest BCUT2D eigenvalue weighted by atomic mass is 16.1. The van der Waals surface area contributed by atoms with Gasteiger partial charge in [0.2, 0.25) is 0 Å². The lowest BCUT2D eigenvalue weighted by Crippen LogP contribution is -2.31. The largest absolute Gasteiger partial charge is 0.387 e. The smallest absolute Gasteiger partial charge is 0.182 e. The molecule has 4 nitrogen and oxygen atoms in total. The number of ketones is 1. The highest BCUT2D eigenvalue weighted by Gasteiger charge is 2.10. The fourth-order valence-electron chi connectivity index (χ4n) is 1.11. The molecule has 0 aromatic carbocycles. The van der Waals surface area contributed by atoms with Gasteiger partial charge in [0.25, 0.3) is 0 Å². The molecule has 0 aliphatic heterocycles. The van der Waals surface area contributed by atoms with E-state index in [1.165, 1.54) is 0 Å². The SMILES string of the molecule is C=CCCC(=O)/C(NN)=C(\C)NCC.CC. The van der Waals surface area contributed by atoms with Crippen molar-refractivity contribution in [1.82, 2.24) is 10.7 Å². The third-order valence-electron chi connectivity index (χ3n) is 1.82. The first-order valence-corrected chi connectivity index (χ1v) is 5.72. The summed E-state index contributed by atoms with van der Waals surface area (Å²) in [5.74, 6) is 5.29. The molecule has 0 bridgehead atoms. The average Bonchev–Trinajstić information content (AvgIpc) is 2.30. The van der Waals surface area contributed by atoms with Crippen LogP contribution >= 0.6 is 0 Å². The number of nitrogens with one attached hydrogen (secondary N) is 2. The molecule has 0 aromatic rings. The van der Waals surface area contributed by atoms with Crippen molar-refractivity contribution in [3.05, 3.63) is 24.0 Å². The van der Waals surface area contributed by atoms with Crippen LogP contribution in [0, 0.1) is 0 Å². The van der Waals surface area contributed by atoms with Gasteiger partial charge in [-0.3, -0.25) is 10.6 Å². The number of hydrazine groups is 1. The Hall–Kier alpha value is -1.29. The Labute approximate surface area is 99.0 Å². The van der Waals surface area contributed by atoms with E-state index in [9.17, 15) is 4.79 Å². The first-order chi connectivity index (χ1) is 7.67. The van der Waals surface area contributed by atoms with Crippen LogP contribution in [0.5, 0.6) is 0 Å². The number of hydrogen-bond acceptors (Lipinski definition) is 4. The maximum absolute atomic E-state index is 11.6. The second-order valence-electron chi connectivity index (χ2n) is 2.93. The fraction of sp³-hybridized carbons (Fsp3) is 0.583. The highest BCUT2D eigenvalue weighted by molar-refractivity contribution is 5.95. The van der Waals surface area contributed by atoms with Crippen molar-refractivity contribution in [2.45, 2.75) is 40.5 Å². The molecule has 0 rings (SSSR count). The molecule has 4 N–H and O–H groups in total. The lowest BCUT2D eigenvalue weighted by molar-refractivity contribution is -0.115. The molecule has 16 heavy (non-hydrogen) atoms. The van der Waals surface area contributed by atoms with Crippen molar-refractivity contribution in [1.29, 1.82) is 0 Å². The van der Waals surface area contributed by atoms with E-state index in [-0.39, 0.29) is 5.78 Å². The van der Waals surface area contributed by atoms with Crippen molar-refractivity contribution in [2.75, 3.05) is 6.54 Å². The van der Waals surface area contributed by atoms with Crippen LogP contribution in [0.4, 0.5) is 0 Å². The third kappa shape index (κ3) is 7.06. The van der Waals surface area contributed by atoms with Crippen LogP contribution in [-0.2, 0) is 4.79 Å². The molecule has 0 radical (unpaired) electrons. The molecule has 0 aliphatic carbocycles. The summed E-state index contributed by atoms with van der Waals surface area (Å²) in [4.78, 5) is 11.6. The quantitative estimate of drug-likeness (QED) is 0.269. The van der Waals surface area contributed by atoms with Gasteiger partial charge in [0, 0.05) is 18.7 Å². The van der Waals surface area contributed by atoms with E-state index in [4.69, 9.17) is 5.84 Å². The van der Waals surface area contributed by atoms with Gasteiger partial charge in [-0.25, -0.2) is 0 Å². The maximum Gasteiger partial charge on any atom is 0.182 e. The molecule has 4 heteroatoms. The Balaban J connectivity index is 0.